The van der Waals surface area contributed by atoms with Crippen molar-refractivity contribution in [2.24, 2.45) is 5.73 Å². The van der Waals surface area contributed by atoms with Crippen molar-refractivity contribution >= 4 is 21.8 Å². The fourth-order valence-electron chi connectivity index (χ4n) is 1.38. The molecule has 100 valence electrons. The summed E-state index contributed by atoms with van der Waals surface area (Å²) in [6.07, 6.45) is 0. The van der Waals surface area contributed by atoms with E-state index in [1.165, 1.54) is 7.11 Å². The topological polar surface area (TPSA) is 73.6 Å². The Kier molecular flexibility index (Phi) is 6.11. The van der Waals surface area contributed by atoms with Crippen LogP contribution >= 0.6 is 15.9 Å². The third-order valence-electron chi connectivity index (χ3n) is 2.39. The SMILES string of the molecule is COCC(N)C(=O)NCc1cc(OC)ccc1Br. The van der Waals surface area contributed by atoms with E-state index in [9.17, 15) is 4.79 Å². The summed E-state index contributed by atoms with van der Waals surface area (Å²) < 4.78 is 10.9. The highest BCUT2D eigenvalue weighted by atomic mass is 79.9. The van der Waals surface area contributed by atoms with Gasteiger partial charge in [0.25, 0.3) is 0 Å². The standard InChI is InChI=1S/C12H17BrN2O3/c1-17-7-11(14)12(16)15-6-8-5-9(18-2)3-4-10(8)13/h3-5,11H,6-7,14H2,1-2H3,(H,15,16). The highest BCUT2D eigenvalue weighted by Crippen LogP contribution is 2.22. The number of hydrogen-bond donors (Lipinski definition) is 2. The van der Waals surface area contributed by atoms with Gasteiger partial charge in [0.1, 0.15) is 11.8 Å². The number of carbonyl (C=O) groups excluding carboxylic acids is 1. The average molecular weight is 317 g/mol. The van der Waals surface area contributed by atoms with Crippen molar-refractivity contribution in [2.45, 2.75) is 12.6 Å². The smallest absolute Gasteiger partial charge is 0.239 e. The number of ether oxygens (including phenoxy) is 2. The zero-order chi connectivity index (χ0) is 13.5. The van der Waals surface area contributed by atoms with Crippen LogP contribution in [0.5, 0.6) is 5.75 Å². The number of nitrogens with two attached hydrogens (primary N) is 1. The Hall–Kier alpha value is -1.11. The molecule has 0 aromatic heterocycles. The summed E-state index contributed by atoms with van der Waals surface area (Å²) in [5.41, 5.74) is 6.54. The van der Waals surface area contributed by atoms with E-state index in [0.29, 0.717) is 6.54 Å². The van der Waals surface area contributed by atoms with Crippen molar-refractivity contribution in [1.29, 1.82) is 0 Å². The lowest BCUT2D eigenvalue weighted by Gasteiger charge is -2.12. The van der Waals surface area contributed by atoms with Crippen molar-refractivity contribution in [3.05, 3.63) is 28.2 Å². The van der Waals surface area contributed by atoms with Gasteiger partial charge in [0.05, 0.1) is 13.7 Å². The third kappa shape index (κ3) is 4.29. The first-order chi connectivity index (χ1) is 8.58. The van der Waals surface area contributed by atoms with Crippen LogP contribution in [0.25, 0.3) is 0 Å². The molecule has 6 heteroatoms. The predicted octanol–water partition coefficient (Wildman–Crippen LogP) is 1.05. The molecule has 0 aliphatic heterocycles. The van der Waals surface area contributed by atoms with E-state index in [0.717, 1.165) is 15.8 Å². The number of methoxy groups -OCH3 is 2. The van der Waals surface area contributed by atoms with Crippen LogP contribution in [0.4, 0.5) is 0 Å². The summed E-state index contributed by atoms with van der Waals surface area (Å²) in [4.78, 5) is 11.6. The predicted molar refractivity (Wildman–Crippen MR) is 72.4 cm³/mol. The Morgan fingerprint density at radius 1 is 1.50 bits per heavy atom. The maximum absolute atomic E-state index is 11.6. The van der Waals surface area contributed by atoms with Crippen molar-refractivity contribution in [2.75, 3.05) is 20.8 Å². The maximum atomic E-state index is 11.6. The largest absolute Gasteiger partial charge is 0.497 e. The molecule has 0 saturated carbocycles. The lowest BCUT2D eigenvalue weighted by atomic mass is 10.2. The van der Waals surface area contributed by atoms with Crippen LogP contribution in [0, 0.1) is 0 Å². The first-order valence-electron chi connectivity index (χ1n) is 5.43. The monoisotopic (exact) mass is 316 g/mol. The molecular formula is C12H17BrN2O3. The number of amides is 1. The molecule has 5 nitrogen and oxygen atoms in total. The summed E-state index contributed by atoms with van der Waals surface area (Å²) in [5, 5.41) is 2.75. The normalized spacial score (nSPS) is 12.0. The quantitative estimate of drug-likeness (QED) is 0.822. The van der Waals surface area contributed by atoms with Crippen molar-refractivity contribution in [3.63, 3.8) is 0 Å². The van der Waals surface area contributed by atoms with Gasteiger partial charge < -0.3 is 20.5 Å². The second kappa shape index (κ2) is 7.35. The van der Waals surface area contributed by atoms with Gasteiger partial charge in [0.15, 0.2) is 0 Å². The molecule has 18 heavy (non-hydrogen) atoms. The molecular weight excluding hydrogens is 300 g/mol. The van der Waals surface area contributed by atoms with E-state index >= 15 is 0 Å². The van der Waals surface area contributed by atoms with Crippen LogP contribution < -0.4 is 15.8 Å². The van der Waals surface area contributed by atoms with Crippen LogP contribution in [0.1, 0.15) is 5.56 Å². The summed E-state index contributed by atoms with van der Waals surface area (Å²) in [7, 11) is 3.10. The fraction of sp³-hybridized carbons (Fsp3) is 0.417. The van der Waals surface area contributed by atoms with Crippen molar-refractivity contribution in [3.8, 4) is 5.75 Å². The van der Waals surface area contributed by atoms with E-state index in [4.69, 9.17) is 15.2 Å². The van der Waals surface area contributed by atoms with Gasteiger partial charge in [0, 0.05) is 18.1 Å². The highest BCUT2D eigenvalue weighted by molar-refractivity contribution is 9.10. The highest BCUT2D eigenvalue weighted by Gasteiger charge is 2.13. The van der Waals surface area contributed by atoms with Crippen LogP contribution in [-0.4, -0.2) is 32.8 Å². The van der Waals surface area contributed by atoms with E-state index in [2.05, 4.69) is 21.2 Å². The third-order valence-corrected chi connectivity index (χ3v) is 3.16. The fourth-order valence-corrected chi connectivity index (χ4v) is 1.77. The zero-order valence-corrected chi connectivity index (χ0v) is 12.0. The number of benzene rings is 1. The Morgan fingerprint density at radius 3 is 2.83 bits per heavy atom. The van der Waals surface area contributed by atoms with Gasteiger partial charge in [-0.3, -0.25) is 4.79 Å². The number of nitrogens with one attached hydrogen (secondary N) is 1. The second-order valence-corrected chi connectivity index (χ2v) is 4.59. The van der Waals surface area contributed by atoms with Gasteiger partial charge in [-0.05, 0) is 23.8 Å². The molecule has 1 atom stereocenters. The van der Waals surface area contributed by atoms with Gasteiger partial charge in [0.2, 0.25) is 5.91 Å². The molecule has 1 aromatic carbocycles. The van der Waals surface area contributed by atoms with Crippen LogP contribution in [0.3, 0.4) is 0 Å². The van der Waals surface area contributed by atoms with Gasteiger partial charge in [-0.25, -0.2) is 0 Å². The summed E-state index contributed by atoms with van der Waals surface area (Å²) in [5.74, 6) is 0.496. The summed E-state index contributed by atoms with van der Waals surface area (Å²) in [6.45, 7) is 0.582. The Balaban J connectivity index is 2.60. The minimum Gasteiger partial charge on any atom is -0.497 e. The molecule has 1 unspecified atom stereocenters. The van der Waals surface area contributed by atoms with E-state index in [1.54, 1.807) is 7.11 Å². The van der Waals surface area contributed by atoms with E-state index in [-0.39, 0.29) is 12.5 Å². The first kappa shape index (κ1) is 14.9. The molecule has 1 aromatic rings. The molecule has 0 spiro atoms. The molecule has 0 aliphatic carbocycles. The zero-order valence-electron chi connectivity index (χ0n) is 10.4. The molecule has 0 saturated heterocycles. The molecule has 0 aliphatic rings. The lowest BCUT2D eigenvalue weighted by molar-refractivity contribution is -0.123. The Bertz CT molecular complexity index is 412. The van der Waals surface area contributed by atoms with Crippen LogP contribution in [0.15, 0.2) is 22.7 Å². The molecule has 0 radical (unpaired) electrons. The van der Waals surface area contributed by atoms with Gasteiger partial charge >= 0.3 is 0 Å². The number of halogens is 1. The molecule has 0 bridgehead atoms. The van der Waals surface area contributed by atoms with Crippen molar-refractivity contribution < 1.29 is 14.3 Å². The Labute approximate surface area is 115 Å². The van der Waals surface area contributed by atoms with Crippen molar-refractivity contribution in [1.82, 2.24) is 5.32 Å². The van der Waals surface area contributed by atoms with Crippen LogP contribution in [0.2, 0.25) is 0 Å². The Morgan fingerprint density at radius 2 is 2.22 bits per heavy atom. The number of rotatable bonds is 6. The van der Waals surface area contributed by atoms with E-state index in [1.807, 2.05) is 18.2 Å². The molecule has 1 rings (SSSR count). The summed E-state index contributed by atoms with van der Waals surface area (Å²) >= 11 is 3.41. The molecule has 0 heterocycles. The molecule has 3 N–H and O–H groups in total. The average Bonchev–Trinajstić information content (AvgIpc) is 2.37. The molecule has 1 amide bonds. The van der Waals surface area contributed by atoms with Gasteiger partial charge in [-0.2, -0.15) is 0 Å². The minimum absolute atomic E-state index is 0.200. The minimum atomic E-state index is -0.653. The maximum Gasteiger partial charge on any atom is 0.239 e. The number of hydrogen-bond acceptors (Lipinski definition) is 4. The van der Waals surface area contributed by atoms with Crippen LogP contribution in [-0.2, 0) is 16.1 Å². The van der Waals surface area contributed by atoms with Gasteiger partial charge in [-0.15, -0.1) is 0 Å². The van der Waals surface area contributed by atoms with Gasteiger partial charge in [-0.1, -0.05) is 15.9 Å². The first-order valence-corrected chi connectivity index (χ1v) is 6.22. The van der Waals surface area contributed by atoms with E-state index < -0.39 is 6.04 Å². The number of carbonyl (C=O) groups is 1. The molecule has 0 fully saturated rings. The lowest BCUT2D eigenvalue weighted by Crippen LogP contribution is -2.43. The second-order valence-electron chi connectivity index (χ2n) is 3.74. The summed E-state index contributed by atoms with van der Waals surface area (Å²) in [6, 6.07) is 4.91.